The molecule has 2 fully saturated rings. The minimum absolute atomic E-state index is 0.248. The van der Waals surface area contributed by atoms with Crippen LogP contribution in [-0.2, 0) is 9.53 Å². The molecular weight excluding hydrogens is 194 g/mol. The van der Waals surface area contributed by atoms with Crippen molar-refractivity contribution in [2.24, 2.45) is 0 Å². The highest BCUT2D eigenvalue weighted by Gasteiger charge is 2.33. The van der Waals surface area contributed by atoms with E-state index in [1.54, 1.807) is 0 Å². The number of nitrogens with zero attached hydrogens (tertiary/aromatic N) is 1. The molecule has 86 valence electrons. The van der Waals surface area contributed by atoms with Crippen LogP contribution in [0.4, 0.5) is 0 Å². The fraction of sp³-hybridized carbons (Fsp3) is 0.909. The molecule has 0 radical (unpaired) electrons. The highest BCUT2D eigenvalue weighted by Crippen LogP contribution is 2.24. The minimum atomic E-state index is -0.652. The van der Waals surface area contributed by atoms with Crippen LogP contribution in [0.25, 0.3) is 0 Å². The van der Waals surface area contributed by atoms with Crippen LogP contribution in [0.1, 0.15) is 32.1 Å². The standard InChI is InChI=1S/C11H19NO3/c13-11(14)10-3-1-2-6-12(10)9-4-7-15-8-5-9/h9-10H,1-8H2,(H,13,14)/t10-/m0/s1. The van der Waals surface area contributed by atoms with Gasteiger partial charge in [0.1, 0.15) is 6.04 Å². The maximum absolute atomic E-state index is 11.1. The second kappa shape index (κ2) is 4.94. The van der Waals surface area contributed by atoms with Crippen LogP contribution in [0.5, 0.6) is 0 Å². The molecule has 2 saturated heterocycles. The fourth-order valence-electron chi connectivity index (χ4n) is 2.67. The molecule has 0 aromatic carbocycles. The number of hydrogen-bond acceptors (Lipinski definition) is 3. The third kappa shape index (κ3) is 2.49. The van der Waals surface area contributed by atoms with Crippen LogP contribution in [0, 0.1) is 0 Å². The van der Waals surface area contributed by atoms with Crippen molar-refractivity contribution in [3.8, 4) is 0 Å². The van der Waals surface area contributed by atoms with Gasteiger partial charge < -0.3 is 9.84 Å². The highest BCUT2D eigenvalue weighted by molar-refractivity contribution is 5.73. The Hall–Kier alpha value is -0.610. The van der Waals surface area contributed by atoms with E-state index in [0.717, 1.165) is 51.9 Å². The molecule has 1 N–H and O–H groups in total. The smallest absolute Gasteiger partial charge is 0.320 e. The Morgan fingerprint density at radius 1 is 1.20 bits per heavy atom. The maximum Gasteiger partial charge on any atom is 0.320 e. The SMILES string of the molecule is O=C(O)[C@@H]1CCCCN1C1CCOCC1. The normalized spacial score (nSPS) is 30.3. The number of piperidine rings is 1. The number of rotatable bonds is 2. The minimum Gasteiger partial charge on any atom is -0.480 e. The molecule has 1 atom stereocenters. The zero-order chi connectivity index (χ0) is 10.7. The van der Waals surface area contributed by atoms with Gasteiger partial charge in [-0.2, -0.15) is 0 Å². The maximum atomic E-state index is 11.1. The average molecular weight is 213 g/mol. The summed E-state index contributed by atoms with van der Waals surface area (Å²) in [6.45, 7) is 2.52. The van der Waals surface area contributed by atoms with Crippen LogP contribution >= 0.6 is 0 Å². The molecule has 15 heavy (non-hydrogen) atoms. The lowest BCUT2D eigenvalue weighted by Crippen LogP contribution is -2.51. The molecule has 4 heteroatoms. The molecule has 4 nitrogen and oxygen atoms in total. The summed E-state index contributed by atoms with van der Waals surface area (Å²) in [5, 5.41) is 9.17. The van der Waals surface area contributed by atoms with Gasteiger partial charge in [0.15, 0.2) is 0 Å². The quantitative estimate of drug-likeness (QED) is 0.746. The lowest BCUT2D eigenvalue weighted by Gasteiger charge is -2.40. The van der Waals surface area contributed by atoms with Crippen molar-refractivity contribution in [3.63, 3.8) is 0 Å². The molecule has 2 heterocycles. The average Bonchev–Trinajstić information content (AvgIpc) is 2.30. The van der Waals surface area contributed by atoms with Crippen molar-refractivity contribution in [2.75, 3.05) is 19.8 Å². The first-order chi connectivity index (χ1) is 7.29. The summed E-state index contributed by atoms with van der Waals surface area (Å²) < 4.78 is 5.31. The number of carboxylic acids is 1. The number of aliphatic carboxylic acids is 1. The lowest BCUT2D eigenvalue weighted by atomic mass is 9.96. The van der Waals surface area contributed by atoms with Crippen molar-refractivity contribution in [3.05, 3.63) is 0 Å². The number of carboxylic acid groups (broad SMARTS) is 1. The summed E-state index contributed by atoms with van der Waals surface area (Å²) in [6.07, 6.45) is 4.98. The Bertz CT molecular complexity index is 226. The molecule has 0 bridgehead atoms. The number of likely N-dealkylation sites (tertiary alicyclic amines) is 1. The van der Waals surface area contributed by atoms with Gasteiger partial charge in [-0.05, 0) is 32.2 Å². The Morgan fingerprint density at radius 3 is 2.60 bits per heavy atom. The predicted molar refractivity (Wildman–Crippen MR) is 55.8 cm³/mol. The van der Waals surface area contributed by atoms with E-state index in [2.05, 4.69) is 4.90 Å². The zero-order valence-electron chi connectivity index (χ0n) is 9.02. The summed E-state index contributed by atoms with van der Waals surface area (Å²) >= 11 is 0. The number of ether oxygens (including phenoxy) is 1. The summed E-state index contributed by atoms with van der Waals surface area (Å²) in [5.74, 6) is -0.652. The van der Waals surface area contributed by atoms with Crippen LogP contribution in [0.2, 0.25) is 0 Å². The third-order valence-corrected chi connectivity index (χ3v) is 3.49. The molecular formula is C11H19NO3. The van der Waals surface area contributed by atoms with E-state index in [9.17, 15) is 4.79 Å². The first kappa shape index (κ1) is 10.9. The fourth-order valence-corrected chi connectivity index (χ4v) is 2.67. The van der Waals surface area contributed by atoms with Gasteiger partial charge >= 0.3 is 5.97 Å². The molecule has 0 aromatic rings. The first-order valence-corrected chi connectivity index (χ1v) is 5.85. The van der Waals surface area contributed by atoms with Crippen molar-refractivity contribution in [2.45, 2.75) is 44.2 Å². The Kier molecular flexibility index (Phi) is 3.59. The largest absolute Gasteiger partial charge is 0.480 e. The van der Waals surface area contributed by atoms with Gasteiger partial charge in [0, 0.05) is 19.3 Å². The molecule has 0 saturated carbocycles. The highest BCUT2D eigenvalue weighted by atomic mass is 16.5. The first-order valence-electron chi connectivity index (χ1n) is 5.85. The summed E-state index contributed by atoms with van der Waals surface area (Å²) in [5.41, 5.74) is 0. The van der Waals surface area contributed by atoms with E-state index in [1.807, 2.05) is 0 Å². The monoisotopic (exact) mass is 213 g/mol. The molecule has 0 aromatic heterocycles. The molecule has 2 aliphatic heterocycles. The van der Waals surface area contributed by atoms with Crippen molar-refractivity contribution in [1.29, 1.82) is 0 Å². The van der Waals surface area contributed by atoms with Gasteiger partial charge in [-0.15, -0.1) is 0 Å². The van der Waals surface area contributed by atoms with Crippen molar-refractivity contribution >= 4 is 5.97 Å². The summed E-state index contributed by atoms with van der Waals surface area (Å²) in [7, 11) is 0. The molecule has 2 aliphatic rings. The van der Waals surface area contributed by atoms with Gasteiger partial charge in [-0.25, -0.2) is 0 Å². The Balaban J connectivity index is 1.99. The predicted octanol–water partition coefficient (Wildman–Crippen LogP) is 1.10. The molecule has 2 rings (SSSR count). The Labute approximate surface area is 90.2 Å². The Morgan fingerprint density at radius 2 is 1.93 bits per heavy atom. The summed E-state index contributed by atoms with van der Waals surface area (Å²) in [6, 6.07) is 0.182. The van der Waals surface area contributed by atoms with Crippen LogP contribution in [0.3, 0.4) is 0 Å². The summed E-state index contributed by atoms with van der Waals surface area (Å²) in [4.78, 5) is 13.3. The van der Waals surface area contributed by atoms with Crippen molar-refractivity contribution < 1.29 is 14.6 Å². The van der Waals surface area contributed by atoms with E-state index in [-0.39, 0.29) is 6.04 Å². The van der Waals surface area contributed by atoms with Gasteiger partial charge in [-0.3, -0.25) is 9.69 Å². The third-order valence-electron chi connectivity index (χ3n) is 3.49. The van der Waals surface area contributed by atoms with Gasteiger partial charge in [0.05, 0.1) is 0 Å². The zero-order valence-corrected chi connectivity index (χ0v) is 9.02. The number of carbonyl (C=O) groups is 1. The van der Waals surface area contributed by atoms with Crippen molar-refractivity contribution in [1.82, 2.24) is 4.90 Å². The van der Waals surface area contributed by atoms with Crippen LogP contribution < -0.4 is 0 Å². The van der Waals surface area contributed by atoms with E-state index >= 15 is 0 Å². The lowest BCUT2D eigenvalue weighted by molar-refractivity contribution is -0.146. The molecule has 0 spiro atoms. The van der Waals surface area contributed by atoms with Gasteiger partial charge in [0.2, 0.25) is 0 Å². The van der Waals surface area contributed by atoms with E-state index < -0.39 is 5.97 Å². The second-order valence-corrected chi connectivity index (χ2v) is 4.43. The van der Waals surface area contributed by atoms with Gasteiger partial charge in [-0.1, -0.05) is 6.42 Å². The topological polar surface area (TPSA) is 49.8 Å². The number of hydrogen-bond donors (Lipinski definition) is 1. The molecule has 0 unspecified atom stereocenters. The van der Waals surface area contributed by atoms with Crippen LogP contribution in [0.15, 0.2) is 0 Å². The molecule has 0 aliphatic carbocycles. The van der Waals surface area contributed by atoms with Gasteiger partial charge in [0.25, 0.3) is 0 Å². The van der Waals surface area contributed by atoms with E-state index in [1.165, 1.54) is 0 Å². The second-order valence-electron chi connectivity index (χ2n) is 4.43. The van der Waals surface area contributed by atoms with Crippen LogP contribution in [-0.4, -0.2) is 47.8 Å². The molecule has 0 amide bonds. The van der Waals surface area contributed by atoms with E-state index in [0.29, 0.717) is 6.04 Å². The van der Waals surface area contributed by atoms with E-state index in [4.69, 9.17) is 9.84 Å².